The van der Waals surface area contributed by atoms with Gasteiger partial charge in [0.15, 0.2) is 5.84 Å². The van der Waals surface area contributed by atoms with Crippen molar-refractivity contribution >= 4 is 5.84 Å². The van der Waals surface area contributed by atoms with E-state index >= 15 is 0 Å². The molecule has 0 atom stereocenters. The molecule has 0 aliphatic heterocycles. The molecule has 0 saturated heterocycles. The summed E-state index contributed by atoms with van der Waals surface area (Å²) < 4.78 is 13.8. The number of nitrogens with zero attached hydrogens (tertiary/aromatic N) is 1. The van der Waals surface area contributed by atoms with Crippen LogP contribution in [0, 0.1) is 5.82 Å². The first-order valence-electron chi connectivity index (χ1n) is 6.85. The van der Waals surface area contributed by atoms with E-state index in [1.54, 1.807) is 12.1 Å². The van der Waals surface area contributed by atoms with Gasteiger partial charge in [0.25, 0.3) is 0 Å². The predicted octanol–water partition coefficient (Wildman–Crippen LogP) is 2.51. The zero-order chi connectivity index (χ0) is 14.4. The molecule has 0 fully saturated rings. The summed E-state index contributed by atoms with van der Waals surface area (Å²) in [7, 11) is 0. The van der Waals surface area contributed by atoms with Crippen molar-refractivity contribution in [2.45, 2.75) is 32.2 Å². The third-order valence-electron chi connectivity index (χ3n) is 3.53. The second-order valence-corrected chi connectivity index (χ2v) is 4.97. The number of halogens is 1. The number of amidine groups is 1. The highest BCUT2D eigenvalue weighted by Gasteiger charge is 2.07. The summed E-state index contributed by atoms with van der Waals surface area (Å²) in [5.41, 5.74) is 7.88. The Bertz CT molecular complexity index is 526. The lowest BCUT2D eigenvalue weighted by Gasteiger charge is -2.08. The highest BCUT2D eigenvalue weighted by molar-refractivity contribution is 5.97. The third-order valence-corrected chi connectivity index (χ3v) is 3.53. The summed E-state index contributed by atoms with van der Waals surface area (Å²) in [6, 6.07) is 4.59. The molecule has 0 saturated carbocycles. The highest BCUT2D eigenvalue weighted by atomic mass is 19.1. The molecule has 4 nitrogen and oxygen atoms in total. The Morgan fingerprint density at radius 2 is 2.30 bits per heavy atom. The minimum Gasteiger partial charge on any atom is -0.409 e. The Kier molecular flexibility index (Phi) is 5.12. The van der Waals surface area contributed by atoms with Crippen molar-refractivity contribution in [3.63, 3.8) is 0 Å². The molecule has 20 heavy (non-hydrogen) atoms. The van der Waals surface area contributed by atoms with Gasteiger partial charge in [0.2, 0.25) is 0 Å². The molecule has 1 aromatic carbocycles. The Hall–Kier alpha value is -1.88. The summed E-state index contributed by atoms with van der Waals surface area (Å²) in [4.78, 5) is 0. The molecule has 0 heterocycles. The number of hydrogen-bond acceptors (Lipinski definition) is 3. The maximum atomic E-state index is 13.8. The number of rotatable bonds is 6. The van der Waals surface area contributed by atoms with E-state index in [0.717, 1.165) is 13.0 Å². The van der Waals surface area contributed by atoms with Crippen LogP contribution in [0.2, 0.25) is 0 Å². The van der Waals surface area contributed by atoms with E-state index in [2.05, 4.69) is 16.5 Å². The van der Waals surface area contributed by atoms with Crippen LogP contribution in [0.3, 0.4) is 0 Å². The average Bonchev–Trinajstić information content (AvgIpc) is 2.97. The van der Waals surface area contributed by atoms with Crippen LogP contribution in [0.1, 0.15) is 36.8 Å². The Labute approximate surface area is 118 Å². The van der Waals surface area contributed by atoms with Gasteiger partial charge in [-0.2, -0.15) is 0 Å². The molecule has 0 radical (unpaired) electrons. The fraction of sp³-hybridized carbons (Fsp3) is 0.400. The van der Waals surface area contributed by atoms with Gasteiger partial charge >= 0.3 is 0 Å². The monoisotopic (exact) mass is 277 g/mol. The molecule has 2 rings (SSSR count). The topological polar surface area (TPSA) is 70.6 Å². The maximum absolute atomic E-state index is 13.8. The molecule has 0 bridgehead atoms. The predicted molar refractivity (Wildman–Crippen MR) is 77.2 cm³/mol. The number of nitrogens with two attached hydrogens (primary N) is 1. The summed E-state index contributed by atoms with van der Waals surface area (Å²) in [6.07, 6.45) is 6.99. The van der Waals surface area contributed by atoms with Crippen molar-refractivity contribution in [2.24, 2.45) is 10.9 Å². The first-order chi connectivity index (χ1) is 9.70. The van der Waals surface area contributed by atoms with E-state index in [1.807, 2.05) is 0 Å². The van der Waals surface area contributed by atoms with E-state index in [1.165, 1.54) is 30.9 Å². The van der Waals surface area contributed by atoms with Gasteiger partial charge in [0, 0.05) is 17.7 Å². The van der Waals surface area contributed by atoms with Crippen molar-refractivity contribution < 1.29 is 9.60 Å². The van der Waals surface area contributed by atoms with Crippen LogP contribution in [0.5, 0.6) is 0 Å². The van der Waals surface area contributed by atoms with Crippen molar-refractivity contribution in [1.29, 1.82) is 0 Å². The van der Waals surface area contributed by atoms with Crippen molar-refractivity contribution in [3.05, 3.63) is 46.8 Å². The maximum Gasteiger partial charge on any atom is 0.170 e. The standard InChI is InChI=1S/C15H20FN3O/c16-14-9-12(15(17)19-20)5-6-13(14)10-18-8-7-11-3-1-2-4-11/h3,5-6,9,18,20H,1-2,4,7-8,10H2,(H2,17,19). The number of allylic oxidation sites excluding steroid dienone is 1. The molecule has 1 aliphatic rings. The molecule has 0 spiro atoms. The molecule has 5 heteroatoms. The fourth-order valence-electron chi connectivity index (χ4n) is 2.34. The summed E-state index contributed by atoms with van der Waals surface area (Å²) in [5, 5.41) is 14.6. The first kappa shape index (κ1) is 14.5. The van der Waals surface area contributed by atoms with Crippen LogP contribution < -0.4 is 11.1 Å². The minimum absolute atomic E-state index is 0.0865. The zero-order valence-corrected chi connectivity index (χ0v) is 11.4. The summed E-state index contributed by atoms with van der Waals surface area (Å²) >= 11 is 0. The number of oxime groups is 1. The van der Waals surface area contributed by atoms with Gasteiger partial charge < -0.3 is 16.3 Å². The zero-order valence-electron chi connectivity index (χ0n) is 11.4. The quantitative estimate of drug-likeness (QED) is 0.187. The van der Waals surface area contributed by atoms with Crippen LogP contribution in [0.4, 0.5) is 4.39 Å². The largest absolute Gasteiger partial charge is 0.409 e. The normalized spacial score (nSPS) is 15.4. The molecule has 108 valence electrons. The van der Waals surface area contributed by atoms with Crippen molar-refractivity contribution in [1.82, 2.24) is 5.32 Å². The van der Waals surface area contributed by atoms with Gasteiger partial charge in [0.1, 0.15) is 5.82 Å². The molecular formula is C15H20FN3O. The summed E-state index contributed by atoms with van der Waals surface area (Å²) in [6.45, 7) is 1.34. The average molecular weight is 277 g/mol. The van der Waals surface area contributed by atoms with Crippen LogP contribution in [0.15, 0.2) is 35.0 Å². The molecule has 0 amide bonds. The van der Waals surface area contributed by atoms with E-state index < -0.39 is 0 Å². The van der Waals surface area contributed by atoms with Crippen LogP contribution in [-0.2, 0) is 6.54 Å². The van der Waals surface area contributed by atoms with Gasteiger partial charge in [-0.3, -0.25) is 0 Å². The summed E-state index contributed by atoms with van der Waals surface area (Å²) in [5.74, 6) is -0.432. The van der Waals surface area contributed by atoms with E-state index in [-0.39, 0.29) is 11.7 Å². The molecule has 4 N–H and O–H groups in total. The van der Waals surface area contributed by atoms with E-state index in [9.17, 15) is 4.39 Å². The van der Waals surface area contributed by atoms with Crippen molar-refractivity contribution in [2.75, 3.05) is 6.54 Å². The molecule has 0 unspecified atom stereocenters. The van der Waals surface area contributed by atoms with Gasteiger partial charge in [-0.05, 0) is 38.3 Å². The fourth-order valence-corrected chi connectivity index (χ4v) is 2.34. The lowest BCUT2D eigenvalue weighted by atomic mass is 10.1. The number of hydrogen-bond donors (Lipinski definition) is 3. The van der Waals surface area contributed by atoms with E-state index in [0.29, 0.717) is 17.7 Å². The smallest absolute Gasteiger partial charge is 0.170 e. The molecule has 1 aliphatic carbocycles. The Balaban J connectivity index is 1.83. The number of benzene rings is 1. The SMILES string of the molecule is N/C(=N/O)c1ccc(CNCCC2=CCCC2)c(F)c1. The van der Waals surface area contributed by atoms with Gasteiger partial charge in [-0.25, -0.2) is 4.39 Å². The van der Waals surface area contributed by atoms with Crippen molar-refractivity contribution in [3.8, 4) is 0 Å². The number of nitrogens with one attached hydrogen (secondary N) is 1. The van der Waals surface area contributed by atoms with Gasteiger partial charge in [-0.1, -0.05) is 28.9 Å². The molecular weight excluding hydrogens is 257 g/mol. The Morgan fingerprint density at radius 3 is 2.95 bits per heavy atom. The Morgan fingerprint density at radius 1 is 1.45 bits per heavy atom. The van der Waals surface area contributed by atoms with E-state index in [4.69, 9.17) is 10.9 Å². The van der Waals surface area contributed by atoms with Crippen LogP contribution in [-0.4, -0.2) is 17.6 Å². The first-order valence-corrected chi connectivity index (χ1v) is 6.85. The van der Waals surface area contributed by atoms with Crippen LogP contribution in [0.25, 0.3) is 0 Å². The highest BCUT2D eigenvalue weighted by Crippen LogP contribution is 2.19. The van der Waals surface area contributed by atoms with Crippen LogP contribution >= 0.6 is 0 Å². The lowest BCUT2D eigenvalue weighted by molar-refractivity contribution is 0.318. The van der Waals surface area contributed by atoms with Gasteiger partial charge in [-0.15, -0.1) is 0 Å². The second-order valence-electron chi connectivity index (χ2n) is 4.97. The lowest BCUT2D eigenvalue weighted by Crippen LogP contribution is -2.17. The second kappa shape index (κ2) is 7.05. The third kappa shape index (κ3) is 3.81. The molecule has 1 aromatic rings. The van der Waals surface area contributed by atoms with Gasteiger partial charge in [0.05, 0.1) is 0 Å². The minimum atomic E-state index is -0.346. The molecule has 0 aromatic heterocycles.